The molecule has 0 aliphatic rings. The SMILES string of the molecule is COc1c(C)cc(C(O)CN)c(C)c1C. The molecule has 1 aromatic carbocycles. The minimum atomic E-state index is -0.590. The summed E-state index contributed by atoms with van der Waals surface area (Å²) in [5.74, 6) is 0.889. The lowest BCUT2D eigenvalue weighted by molar-refractivity contribution is 0.185. The predicted molar refractivity (Wildman–Crippen MR) is 61.2 cm³/mol. The van der Waals surface area contributed by atoms with E-state index in [0.717, 1.165) is 28.0 Å². The van der Waals surface area contributed by atoms with Crippen LogP contribution in [0.4, 0.5) is 0 Å². The lowest BCUT2D eigenvalue weighted by Gasteiger charge is -2.18. The topological polar surface area (TPSA) is 55.5 Å². The number of benzene rings is 1. The highest BCUT2D eigenvalue weighted by atomic mass is 16.5. The zero-order valence-electron chi connectivity index (χ0n) is 9.79. The van der Waals surface area contributed by atoms with Crippen LogP contribution in [0, 0.1) is 20.8 Å². The Bertz CT molecular complexity index is 361. The van der Waals surface area contributed by atoms with Crippen molar-refractivity contribution in [1.29, 1.82) is 0 Å². The van der Waals surface area contributed by atoms with Crippen LogP contribution in [0.2, 0.25) is 0 Å². The number of aryl methyl sites for hydroxylation is 1. The quantitative estimate of drug-likeness (QED) is 0.795. The second-order valence-corrected chi connectivity index (χ2v) is 3.82. The summed E-state index contributed by atoms with van der Waals surface area (Å²) in [6.45, 7) is 6.18. The second kappa shape index (κ2) is 4.64. The summed E-state index contributed by atoms with van der Waals surface area (Å²) >= 11 is 0. The fourth-order valence-electron chi connectivity index (χ4n) is 1.88. The monoisotopic (exact) mass is 209 g/mol. The van der Waals surface area contributed by atoms with Crippen LogP contribution in [0.3, 0.4) is 0 Å². The number of ether oxygens (including phenoxy) is 1. The van der Waals surface area contributed by atoms with Crippen LogP contribution in [-0.4, -0.2) is 18.8 Å². The van der Waals surface area contributed by atoms with Gasteiger partial charge in [0.15, 0.2) is 0 Å². The van der Waals surface area contributed by atoms with E-state index < -0.39 is 6.10 Å². The normalized spacial score (nSPS) is 12.7. The third-order valence-electron chi connectivity index (χ3n) is 2.85. The molecule has 0 saturated carbocycles. The van der Waals surface area contributed by atoms with Crippen molar-refractivity contribution in [1.82, 2.24) is 0 Å². The zero-order valence-corrected chi connectivity index (χ0v) is 9.79. The van der Waals surface area contributed by atoms with E-state index >= 15 is 0 Å². The maximum atomic E-state index is 9.76. The molecule has 3 heteroatoms. The Labute approximate surface area is 90.9 Å². The van der Waals surface area contributed by atoms with Crippen LogP contribution in [0.1, 0.15) is 28.4 Å². The van der Waals surface area contributed by atoms with Gasteiger partial charge in [0.2, 0.25) is 0 Å². The Balaban J connectivity index is 3.33. The van der Waals surface area contributed by atoms with Crippen molar-refractivity contribution in [2.75, 3.05) is 13.7 Å². The third-order valence-corrected chi connectivity index (χ3v) is 2.85. The van der Waals surface area contributed by atoms with Gasteiger partial charge in [0, 0.05) is 6.54 Å². The largest absolute Gasteiger partial charge is 0.496 e. The van der Waals surface area contributed by atoms with Gasteiger partial charge in [-0.25, -0.2) is 0 Å². The van der Waals surface area contributed by atoms with Gasteiger partial charge in [-0.1, -0.05) is 0 Å². The van der Waals surface area contributed by atoms with Crippen molar-refractivity contribution in [3.8, 4) is 5.75 Å². The minimum Gasteiger partial charge on any atom is -0.496 e. The molecule has 0 aromatic heterocycles. The molecule has 0 aliphatic heterocycles. The van der Waals surface area contributed by atoms with E-state index in [1.165, 1.54) is 0 Å². The molecule has 0 fully saturated rings. The van der Waals surface area contributed by atoms with Crippen LogP contribution in [-0.2, 0) is 0 Å². The van der Waals surface area contributed by atoms with E-state index in [1.54, 1.807) is 7.11 Å². The first-order valence-electron chi connectivity index (χ1n) is 5.05. The van der Waals surface area contributed by atoms with E-state index in [-0.39, 0.29) is 6.54 Å². The maximum Gasteiger partial charge on any atom is 0.124 e. The van der Waals surface area contributed by atoms with Gasteiger partial charge in [-0.3, -0.25) is 0 Å². The van der Waals surface area contributed by atoms with Crippen molar-refractivity contribution < 1.29 is 9.84 Å². The van der Waals surface area contributed by atoms with E-state index in [0.29, 0.717) is 0 Å². The molecule has 0 heterocycles. The van der Waals surface area contributed by atoms with Crippen molar-refractivity contribution in [2.24, 2.45) is 5.73 Å². The number of nitrogens with two attached hydrogens (primary N) is 1. The van der Waals surface area contributed by atoms with E-state index in [9.17, 15) is 5.11 Å². The van der Waals surface area contributed by atoms with Gasteiger partial charge in [0.1, 0.15) is 5.75 Å². The predicted octanol–water partition coefficient (Wildman–Crippen LogP) is 1.61. The second-order valence-electron chi connectivity index (χ2n) is 3.82. The van der Waals surface area contributed by atoms with Crippen molar-refractivity contribution in [3.63, 3.8) is 0 Å². The van der Waals surface area contributed by atoms with Gasteiger partial charge in [-0.05, 0) is 49.1 Å². The highest BCUT2D eigenvalue weighted by Crippen LogP contribution is 2.31. The van der Waals surface area contributed by atoms with Gasteiger partial charge in [0.25, 0.3) is 0 Å². The summed E-state index contributed by atoms with van der Waals surface area (Å²) < 4.78 is 5.31. The summed E-state index contributed by atoms with van der Waals surface area (Å²) in [6, 6.07) is 1.94. The molecule has 1 aromatic rings. The first kappa shape index (κ1) is 12.0. The molecule has 1 atom stereocenters. The van der Waals surface area contributed by atoms with Crippen LogP contribution < -0.4 is 10.5 Å². The lowest BCUT2D eigenvalue weighted by atomic mass is 9.95. The molecule has 0 spiro atoms. The van der Waals surface area contributed by atoms with Crippen LogP contribution >= 0.6 is 0 Å². The highest BCUT2D eigenvalue weighted by Gasteiger charge is 2.15. The molecule has 3 nitrogen and oxygen atoms in total. The molecule has 3 N–H and O–H groups in total. The first-order chi connectivity index (χ1) is 7.02. The molecule has 0 amide bonds. The Morgan fingerprint density at radius 2 is 1.93 bits per heavy atom. The number of aliphatic hydroxyl groups is 1. The van der Waals surface area contributed by atoms with Gasteiger partial charge in [0.05, 0.1) is 13.2 Å². The molecule has 84 valence electrons. The minimum absolute atomic E-state index is 0.242. The summed E-state index contributed by atoms with van der Waals surface area (Å²) in [5.41, 5.74) is 9.51. The average Bonchev–Trinajstić information content (AvgIpc) is 2.23. The molecule has 1 rings (SSSR count). The zero-order chi connectivity index (χ0) is 11.6. The smallest absolute Gasteiger partial charge is 0.124 e. The van der Waals surface area contributed by atoms with Crippen molar-refractivity contribution >= 4 is 0 Å². The Kier molecular flexibility index (Phi) is 3.72. The fraction of sp³-hybridized carbons (Fsp3) is 0.500. The van der Waals surface area contributed by atoms with Gasteiger partial charge >= 0.3 is 0 Å². The average molecular weight is 209 g/mol. The van der Waals surface area contributed by atoms with Crippen molar-refractivity contribution in [2.45, 2.75) is 26.9 Å². The molecule has 0 bridgehead atoms. The highest BCUT2D eigenvalue weighted by molar-refractivity contribution is 5.49. The van der Waals surface area contributed by atoms with Crippen LogP contribution in [0.5, 0.6) is 5.75 Å². The molecule has 1 unspecified atom stereocenters. The van der Waals surface area contributed by atoms with E-state index in [1.807, 2.05) is 26.8 Å². The fourth-order valence-corrected chi connectivity index (χ4v) is 1.88. The maximum absolute atomic E-state index is 9.76. The first-order valence-corrected chi connectivity index (χ1v) is 5.05. The number of aliphatic hydroxyl groups excluding tert-OH is 1. The van der Waals surface area contributed by atoms with Crippen LogP contribution in [0.25, 0.3) is 0 Å². The van der Waals surface area contributed by atoms with Crippen molar-refractivity contribution in [3.05, 3.63) is 28.3 Å². The summed E-state index contributed by atoms with van der Waals surface area (Å²) in [4.78, 5) is 0. The lowest BCUT2D eigenvalue weighted by Crippen LogP contribution is -2.14. The Morgan fingerprint density at radius 3 is 2.40 bits per heavy atom. The van der Waals surface area contributed by atoms with Gasteiger partial charge in [-0.15, -0.1) is 0 Å². The van der Waals surface area contributed by atoms with E-state index in [4.69, 9.17) is 10.5 Å². The molecular weight excluding hydrogens is 190 g/mol. The van der Waals surface area contributed by atoms with E-state index in [2.05, 4.69) is 0 Å². The Morgan fingerprint density at radius 1 is 1.33 bits per heavy atom. The molecular formula is C12H19NO2. The molecule has 0 aliphatic carbocycles. The third kappa shape index (κ3) is 2.13. The number of rotatable bonds is 3. The summed E-state index contributed by atoms with van der Waals surface area (Å²) in [6.07, 6.45) is -0.590. The number of hydrogen-bond donors (Lipinski definition) is 2. The van der Waals surface area contributed by atoms with Gasteiger partial charge in [-0.2, -0.15) is 0 Å². The molecule has 15 heavy (non-hydrogen) atoms. The number of hydrogen-bond acceptors (Lipinski definition) is 3. The standard InChI is InChI=1S/C12H19NO2/c1-7-5-10(11(14)6-13)8(2)9(3)12(7)15-4/h5,11,14H,6,13H2,1-4H3. The molecule has 0 saturated heterocycles. The Hall–Kier alpha value is -1.06. The summed E-state index contributed by atoms with van der Waals surface area (Å²) in [7, 11) is 1.66. The number of methoxy groups -OCH3 is 1. The molecule has 0 radical (unpaired) electrons. The summed E-state index contributed by atoms with van der Waals surface area (Å²) in [5, 5.41) is 9.76. The van der Waals surface area contributed by atoms with Crippen LogP contribution in [0.15, 0.2) is 6.07 Å². The van der Waals surface area contributed by atoms with Gasteiger partial charge < -0.3 is 15.6 Å².